The number of nitrogens with zero attached hydrogens (tertiary/aromatic N) is 2. The third kappa shape index (κ3) is 3.18. The molecule has 5 heteroatoms. The van der Waals surface area contributed by atoms with Crippen molar-refractivity contribution in [3.05, 3.63) is 53.1 Å². The smallest absolute Gasteiger partial charge is 0.166 e. The van der Waals surface area contributed by atoms with Gasteiger partial charge in [0, 0.05) is 18.4 Å². The number of ether oxygens (including phenoxy) is 1. The molecule has 0 unspecified atom stereocenters. The molecule has 4 nitrogen and oxygen atoms in total. The lowest BCUT2D eigenvalue weighted by molar-refractivity contribution is 0.296. The molecular formula is C13H14ClN3O. The molecule has 2 rings (SSSR count). The van der Waals surface area contributed by atoms with E-state index in [0.29, 0.717) is 16.6 Å². The van der Waals surface area contributed by atoms with Gasteiger partial charge in [-0.25, -0.2) is 9.97 Å². The van der Waals surface area contributed by atoms with E-state index >= 15 is 0 Å². The number of aromatic nitrogens is 2. The fourth-order valence-electron chi connectivity index (χ4n) is 1.46. The average Bonchev–Trinajstić information content (AvgIpc) is 2.38. The molecule has 0 saturated heterocycles. The lowest BCUT2D eigenvalue weighted by atomic mass is 10.1. The van der Waals surface area contributed by atoms with E-state index in [1.807, 2.05) is 25.1 Å². The van der Waals surface area contributed by atoms with E-state index in [-0.39, 0.29) is 12.6 Å². The van der Waals surface area contributed by atoms with Crippen molar-refractivity contribution in [2.75, 3.05) is 0 Å². The van der Waals surface area contributed by atoms with Crippen molar-refractivity contribution in [3.8, 4) is 5.75 Å². The molecule has 2 N–H and O–H groups in total. The van der Waals surface area contributed by atoms with E-state index < -0.39 is 0 Å². The maximum absolute atomic E-state index is 6.12. The lowest BCUT2D eigenvalue weighted by Gasteiger charge is -2.10. The topological polar surface area (TPSA) is 61.0 Å². The van der Waals surface area contributed by atoms with Crippen LogP contribution in [0.5, 0.6) is 5.75 Å². The van der Waals surface area contributed by atoms with E-state index in [4.69, 9.17) is 22.1 Å². The maximum Gasteiger partial charge on any atom is 0.166 e. The van der Waals surface area contributed by atoms with Crippen LogP contribution in [0.25, 0.3) is 0 Å². The standard InChI is InChI=1S/C13H14ClN3O/c1-9(15)10-3-4-12(11(14)7-10)18-8-13-16-5-2-6-17-13/h2-7,9H,8,15H2,1H3/t9-/m1/s1. The summed E-state index contributed by atoms with van der Waals surface area (Å²) in [5.74, 6) is 1.22. The molecule has 0 aliphatic rings. The number of hydrogen-bond donors (Lipinski definition) is 1. The molecule has 0 saturated carbocycles. The van der Waals surface area contributed by atoms with Gasteiger partial charge in [-0.05, 0) is 30.7 Å². The number of hydrogen-bond acceptors (Lipinski definition) is 4. The molecule has 18 heavy (non-hydrogen) atoms. The fraction of sp³-hybridized carbons (Fsp3) is 0.231. The number of rotatable bonds is 4. The number of benzene rings is 1. The monoisotopic (exact) mass is 263 g/mol. The van der Waals surface area contributed by atoms with Gasteiger partial charge in [-0.15, -0.1) is 0 Å². The third-order valence-corrected chi connectivity index (χ3v) is 2.75. The zero-order valence-corrected chi connectivity index (χ0v) is 10.8. The summed E-state index contributed by atoms with van der Waals surface area (Å²) in [7, 11) is 0. The van der Waals surface area contributed by atoms with Gasteiger partial charge in [0.15, 0.2) is 5.82 Å². The van der Waals surface area contributed by atoms with Gasteiger partial charge in [-0.1, -0.05) is 17.7 Å². The minimum absolute atomic E-state index is 0.0472. The molecule has 0 fully saturated rings. The van der Waals surface area contributed by atoms with Crippen molar-refractivity contribution in [2.45, 2.75) is 19.6 Å². The second kappa shape index (κ2) is 5.80. The van der Waals surface area contributed by atoms with Crippen molar-refractivity contribution in [2.24, 2.45) is 5.73 Å². The van der Waals surface area contributed by atoms with Crippen LogP contribution in [0.4, 0.5) is 0 Å². The molecule has 2 aromatic rings. The average molecular weight is 264 g/mol. The van der Waals surface area contributed by atoms with Gasteiger partial charge in [0.1, 0.15) is 12.4 Å². The second-order valence-electron chi connectivity index (χ2n) is 3.93. The van der Waals surface area contributed by atoms with Crippen LogP contribution >= 0.6 is 11.6 Å². The van der Waals surface area contributed by atoms with Gasteiger partial charge in [0.2, 0.25) is 0 Å². The quantitative estimate of drug-likeness (QED) is 0.921. The molecule has 1 atom stereocenters. The Morgan fingerprint density at radius 1 is 1.33 bits per heavy atom. The summed E-state index contributed by atoms with van der Waals surface area (Å²) in [6.07, 6.45) is 3.35. The second-order valence-corrected chi connectivity index (χ2v) is 4.34. The predicted octanol–water partition coefficient (Wildman–Crippen LogP) is 2.73. The molecule has 0 radical (unpaired) electrons. The fourth-order valence-corrected chi connectivity index (χ4v) is 1.71. The Balaban J connectivity index is 2.06. The Morgan fingerprint density at radius 3 is 2.67 bits per heavy atom. The van der Waals surface area contributed by atoms with Crippen LogP contribution in [0.1, 0.15) is 24.4 Å². The zero-order valence-electron chi connectivity index (χ0n) is 10.0. The Bertz CT molecular complexity index is 517. The molecular weight excluding hydrogens is 250 g/mol. The minimum Gasteiger partial charge on any atom is -0.484 e. The van der Waals surface area contributed by atoms with Crippen molar-refractivity contribution < 1.29 is 4.74 Å². The van der Waals surface area contributed by atoms with E-state index in [0.717, 1.165) is 5.56 Å². The molecule has 0 spiro atoms. The summed E-state index contributed by atoms with van der Waals surface area (Å²) >= 11 is 6.12. The third-order valence-electron chi connectivity index (χ3n) is 2.46. The molecule has 1 aromatic heterocycles. The van der Waals surface area contributed by atoms with E-state index in [1.54, 1.807) is 18.5 Å². The van der Waals surface area contributed by atoms with Crippen molar-refractivity contribution in [1.82, 2.24) is 9.97 Å². The number of halogens is 1. The highest BCUT2D eigenvalue weighted by Gasteiger charge is 2.06. The molecule has 0 amide bonds. The van der Waals surface area contributed by atoms with Gasteiger partial charge in [0.25, 0.3) is 0 Å². The Morgan fingerprint density at radius 2 is 2.06 bits per heavy atom. The first-order valence-corrected chi connectivity index (χ1v) is 5.98. The van der Waals surface area contributed by atoms with Crippen LogP contribution in [0, 0.1) is 0 Å². The highest BCUT2D eigenvalue weighted by molar-refractivity contribution is 6.32. The summed E-state index contributed by atoms with van der Waals surface area (Å²) in [5, 5.41) is 0.542. The van der Waals surface area contributed by atoms with Gasteiger partial charge >= 0.3 is 0 Å². The normalized spacial score (nSPS) is 12.2. The molecule has 0 aliphatic heterocycles. The van der Waals surface area contributed by atoms with Crippen LogP contribution in [-0.4, -0.2) is 9.97 Å². The Hall–Kier alpha value is -1.65. The van der Waals surface area contributed by atoms with Crippen LogP contribution in [0.3, 0.4) is 0 Å². The molecule has 1 aromatic carbocycles. The van der Waals surface area contributed by atoms with E-state index in [9.17, 15) is 0 Å². The summed E-state index contributed by atoms with van der Waals surface area (Å²) < 4.78 is 5.56. The summed E-state index contributed by atoms with van der Waals surface area (Å²) in [6, 6.07) is 7.23. The summed E-state index contributed by atoms with van der Waals surface area (Å²) in [4.78, 5) is 8.14. The van der Waals surface area contributed by atoms with E-state index in [2.05, 4.69) is 9.97 Å². The first-order chi connectivity index (χ1) is 8.66. The van der Waals surface area contributed by atoms with Crippen LogP contribution < -0.4 is 10.5 Å². The highest BCUT2D eigenvalue weighted by Crippen LogP contribution is 2.27. The maximum atomic E-state index is 6.12. The van der Waals surface area contributed by atoms with Gasteiger partial charge in [-0.2, -0.15) is 0 Å². The first-order valence-electron chi connectivity index (χ1n) is 5.60. The van der Waals surface area contributed by atoms with E-state index in [1.165, 1.54) is 0 Å². The lowest BCUT2D eigenvalue weighted by Crippen LogP contribution is -2.05. The molecule has 94 valence electrons. The van der Waals surface area contributed by atoms with Gasteiger partial charge in [0.05, 0.1) is 5.02 Å². The van der Waals surface area contributed by atoms with Crippen molar-refractivity contribution in [3.63, 3.8) is 0 Å². The predicted molar refractivity (Wildman–Crippen MR) is 70.4 cm³/mol. The molecule has 1 heterocycles. The van der Waals surface area contributed by atoms with Crippen LogP contribution in [0.15, 0.2) is 36.7 Å². The van der Waals surface area contributed by atoms with Gasteiger partial charge < -0.3 is 10.5 Å². The summed E-state index contributed by atoms with van der Waals surface area (Å²) in [5.41, 5.74) is 6.75. The van der Waals surface area contributed by atoms with Crippen molar-refractivity contribution >= 4 is 11.6 Å². The highest BCUT2D eigenvalue weighted by atomic mass is 35.5. The molecule has 0 bridgehead atoms. The zero-order chi connectivity index (χ0) is 13.0. The summed E-state index contributed by atoms with van der Waals surface area (Å²) in [6.45, 7) is 2.20. The van der Waals surface area contributed by atoms with Crippen molar-refractivity contribution in [1.29, 1.82) is 0 Å². The van der Waals surface area contributed by atoms with Gasteiger partial charge in [-0.3, -0.25) is 0 Å². The largest absolute Gasteiger partial charge is 0.484 e. The Labute approximate surface area is 111 Å². The SMILES string of the molecule is C[C@@H](N)c1ccc(OCc2ncccn2)c(Cl)c1. The van der Waals surface area contributed by atoms with Crippen LogP contribution in [0.2, 0.25) is 5.02 Å². The molecule has 0 aliphatic carbocycles. The Kier molecular flexibility index (Phi) is 4.12. The minimum atomic E-state index is -0.0472. The van der Waals surface area contributed by atoms with Crippen LogP contribution in [-0.2, 0) is 6.61 Å². The first kappa shape index (κ1) is 12.8. The number of nitrogens with two attached hydrogens (primary N) is 1.